The molecule has 0 atom stereocenters. The van der Waals surface area contributed by atoms with Gasteiger partial charge in [-0.25, -0.2) is 0 Å². The van der Waals surface area contributed by atoms with Gasteiger partial charge in [0, 0.05) is 19.1 Å². The van der Waals surface area contributed by atoms with E-state index in [4.69, 9.17) is 0 Å². The molecule has 0 spiro atoms. The molecule has 0 radical (unpaired) electrons. The first kappa shape index (κ1) is 13.3. The number of piperidine rings is 1. The molecule has 2 heterocycles. The summed E-state index contributed by atoms with van der Waals surface area (Å²) in [5, 5.41) is 0. The molecule has 2 aliphatic heterocycles. The molecule has 5 nitrogen and oxygen atoms in total. The third kappa shape index (κ3) is 3.22. The highest BCUT2D eigenvalue weighted by molar-refractivity contribution is 5.94. The minimum atomic E-state index is -0.443. The van der Waals surface area contributed by atoms with E-state index in [9.17, 15) is 9.59 Å². The number of methoxy groups -OCH3 is 1. The van der Waals surface area contributed by atoms with Gasteiger partial charge < -0.3 is 14.5 Å². The Labute approximate surface area is 108 Å². The predicted octanol–water partition coefficient (Wildman–Crippen LogP) is 0.636. The number of esters is 1. The second kappa shape index (κ2) is 6.18. The Morgan fingerprint density at radius 3 is 2.28 bits per heavy atom. The molecular weight excluding hydrogens is 232 g/mol. The van der Waals surface area contributed by atoms with E-state index in [1.165, 1.54) is 33.0 Å². The Kier molecular flexibility index (Phi) is 4.58. The molecule has 0 aliphatic carbocycles. The highest BCUT2D eigenvalue weighted by Gasteiger charge is 2.28. The summed E-state index contributed by atoms with van der Waals surface area (Å²) in [7, 11) is 1.31. The van der Waals surface area contributed by atoms with Gasteiger partial charge in [-0.05, 0) is 38.8 Å². The molecule has 2 fully saturated rings. The molecule has 0 bridgehead atoms. The maximum atomic E-state index is 11.8. The molecule has 1 amide bonds. The van der Waals surface area contributed by atoms with Crippen LogP contribution in [0, 0.1) is 0 Å². The molecule has 2 rings (SSSR count). The van der Waals surface area contributed by atoms with Crippen molar-refractivity contribution >= 4 is 11.9 Å². The number of hydrogen-bond donors (Lipinski definition) is 0. The molecular formula is C13H22N2O3. The molecule has 0 aromatic rings. The lowest BCUT2D eigenvalue weighted by Gasteiger charge is -2.36. The first-order valence-electron chi connectivity index (χ1n) is 6.79. The van der Waals surface area contributed by atoms with E-state index >= 15 is 0 Å². The number of rotatable bonds is 3. The number of amides is 1. The second-order valence-corrected chi connectivity index (χ2v) is 5.11. The van der Waals surface area contributed by atoms with Gasteiger partial charge in [-0.15, -0.1) is 0 Å². The Morgan fingerprint density at radius 2 is 1.72 bits per heavy atom. The number of nitrogens with zero attached hydrogens (tertiary/aromatic N) is 2. The minimum absolute atomic E-state index is 0.0956. The van der Waals surface area contributed by atoms with Crippen LogP contribution in [0.3, 0.4) is 0 Å². The summed E-state index contributed by atoms with van der Waals surface area (Å²) in [6, 6.07) is 0.634. The van der Waals surface area contributed by atoms with Gasteiger partial charge in [-0.1, -0.05) is 0 Å². The topological polar surface area (TPSA) is 49.9 Å². The summed E-state index contributed by atoms with van der Waals surface area (Å²) < 4.78 is 4.52. The van der Waals surface area contributed by atoms with Crippen LogP contribution in [0.4, 0.5) is 0 Å². The zero-order chi connectivity index (χ0) is 13.0. The summed E-state index contributed by atoms with van der Waals surface area (Å²) in [5.41, 5.74) is 0. The Hall–Kier alpha value is -1.10. The zero-order valence-electron chi connectivity index (χ0n) is 11.1. The van der Waals surface area contributed by atoms with Gasteiger partial charge in [0.1, 0.15) is 6.42 Å². The maximum Gasteiger partial charge on any atom is 0.315 e. The zero-order valence-corrected chi connectivity index (χ0v) is 11.1. The van der Waals surface area contributed by atoms with E-state index in [2.05, 4.69) is 9.64 Å². The van der Waals surface area contributed by atoms with E-state index in [0.29, 0.717) is 6.04 Å². The molecule has 0 saturated carbocycles. The van der Waals surface area contributed by atoms with Crippen molar-refractivity contribution in [1.82, 2.24) is 9.80 Å². The van der Waals surface area contributed by atoms with Crippen molar-refractivity contribution in [3.05, 3.63) is 0 Å². The molecule has 5 heteroatoms. The third-order valence-electron chi connectivity index (χ3n) is 4.00. The van der Waals surface area contributed by atoms with Crippen molar-refractivity contribution in [3.8, 4) is 0 Å². The van der Waals surface area contributed by atoms with Crippen LogP contribution >= 0.6 is 0 Å². The van der Waals surface area contributed by atoms with E-state index in [1.807, 2.05) is 0 Å². The van der Waals surface area contributed by atoms with E-state index < -0.39 is 5.97 Å². The highest BCUT2D eigenvalue weighted by atomic mass is 16.5. The number of carbonyl (C=O) groups is 2. The van der Waals surface area contributed by atoms with E-state index in [1.54, 1.807) is 4.90 Å². The monoisotopic (exact) mass is 254 g/mol. The molecule has 2 saturated heterocycles. The SMILES string of the molecule is COC(=O)CC(=O)N1CCC(N2CCCC2)CC1. The number of carbonyl (C=O) groups excluding carboxylic acids is 2. The molecule has 0 unspecified atom stereocenters. The Morgan fingerprint density at radius 1 is 1.11 bits per heavy atom. The Balaban J connectivity index is 1.75. The van der Waals surface area contributed by atoms with E-state index in [-0.39, 0.29) is 12.3 Å². The van der Waals surface area contributed by atoms with Gasteiger partial charge in [0.25, 0.3) is 0 Å². The minimum Gasteiger partial charge on any atom is -0.469 e. The molecule has 0 aromatic carbocycles. The molecule has 18 heavy (non-hydrogen) atoms. The van der Waals surface area contributed by atoms with Crippen molar-refractivity contribution < 1.29 is 14.3 Å². The van der Waals surface area contributed by atoms with Gasteiger partial charge >= 0.3 is 5.97 Å². The van der Waals surface area contributed by atoms with Crippen LogP contribution in [0.25, 0.3) is 0 Å². The average molecular weight is 254 g/mol. The molecule has 102 valence electrons. The average Bonchev–Trinajstić information content (AvgIpc) is 2.92. The van der Waals surface area contributed by atoms with Crippen molar-refractivity contribution in [2.24, 2.45) is 0 Å². The van der Waals surface area contributed by atoms with Gasteiger partial charge in [-0.3, -0.25) is 9.59 Å². The third-order valence-corrected chi connectivity index (χ3v) is 4.00. The first-order chi connectivity index (χ1) is 8.70. The lowest BCUT2D eigenvalue weighted by atomic mass is 10.0. The van der Waals surface area contributed by atoms with Crippen LogP contribution in [0.1, 0.15) is 32.1 Å². The van der Waals surface area contributed by atoms with Gasteiger partial charge in [0.05, 0.1) is 7.11 Å². The van der Waals surface area contributed by atoms with Crippen LogP contribution < -0.4 is 0 Å². The smallest absolute Gasteiger partial charge is 0.315 e. The lowest BCUT2D eigenvalue weighted by Crippen LogP contribution is -2.46. The van der Waals surface area contributed by atoms with Crippen molar-refractivity contribution in [3.63, 3.8) is 0 Å². The van der Waals surface area contributed by atoms with Crippen molar-refractivity contribution in [1.29, 1.82) is 0 Å². The fraction of sp³-hybridized carbons (Fsp3) is 0.846. The van der Waals surface area contributed by atoms with Crippen LogP contribution in [-0.2, 0) is 14.3 Å². The fourth-order valence-corrected chi connectivity index (χ4v) is 2.89. The highest BCUT2D eigenvalue weighted by Crippen LogP contribution is 2.21. The quantitative estimate of drug-likeness (QED) is 0.548. The van der Waals surface area contributed by atoms with Crippen LogP contribution in [0.2, 0.25) is 0 Å². The van der Waals surface area contributed by atoms with Gasteiger partial charge in [0.2, 0.25) is 5.91 Å². The standard InChI is InChI=1S/C13H22N2O3/c1-18-13(17)10-12(16)15-8-4-11(5-9-15)14-6-2-3-7-14/h11H,2-10H2,1H3. The molecule has 2 aliphatic rings. The summed E-state index contributed by atoms with van der Waals surface area (Å²) in [4.78, 5) is 27.2. The number of ether oxygens (including phenoxy) is 1. The largest absolute Gasteiger partial charge is 0.469 e. The second-order valence-electron chi connectivity index (χ2n) is 5.11. The summed E-state index contributed by atoms with van der Waals surface area (Å²) >= 11 is 0. The summed E-state index contributed by atoms with van der Waals surface area (Å²) in [6.45, 7) is 3.97. The van der Waals surface area contributed by atoms with Gasteiger partial charge in [0.15, 0.2) is 0 Å². The van der Waals surface area contributed by atoms with Crippen LogP contribution in [-0.4, -0.2) is 61.0 Å². The van der Waals surface area contributed by atoms with Gasteiger partial charge in [-0.2, -0.15) is 0 Å². The normalized spacial score (nSPS) is 22.2. The van der Waals surface area contributed by atoms with Crippen molar-refractivity contribution in [2.45, 2.75) is 38.1 Å². The van der Waals surface area contributed by atoms with E-state index in [0.717, 1.165) is 25.9 Å². The summed E-state index contributed by atoms with van der Waals surface area (Å²) in [6.07, 6.45) is 4.56. The van der Waals surface area contributed by atoms with Crippen LogP contribution in [0.5, 0.6) is 0 Å². The first-order valence-corrected chi connectivity index (χ1v) is 6.79. The van der Waals surface area contributed by atoms with Crippen LogP contribution in [0.15, 0.2) is 0 Å². The lowest BCUT2D eigenvalue weighted by molar-refractivity contribution is -0.147. The Bertz CT molecular complexity index is 305. The van der Waals surface area contributed by atoms with Crippen molar-refractivity contribution in [2.75, 3.05) is 33.3 Å². The fourth-order valence-electron chi connectivity index (χ4n) is 2.89. The summed E-state index contributed by atoms with van der Waals surface area (Å²) in [5.74, 6) is -0.539. The maximum absolute atomic E-state index is 11.8. The molecule has 0 aromatic heterocycles. The molecule has 0 N–H and O–H groups in total. The number of likely N-dealkylation sites (tertiary alicyclic amines) is 2. The predicted molar refractivity (Wildman–Crippen MR) is 67.0 cm³/mol. The number of hydrogen-bond acceptors (Lipinski definition) is 4.